The van der Waals surface area contributed by atoms with Gasteiger partial charge < -0.3 is 14.2 Å². The number of carbonyl (C=O) groups is 3. The van der Waals surface area contributed by atoms with Crippen molar-refractivity contribution in [3.63, 3.8) is 0 Å². The Morgan fingerprint density at radius 1 is 0.253 bits per heavy atom. The molecule has 0 fully saturated rings. The molecule has 0 aromatic rings. The molecule has 0 spiro atoms. The van der Waals surface area contributed by atoms with Crippen LogP contribution in [-0.2, 0) is 28.6 Å². The third kappa shape index (κ3) is 69.8. The predicted molar refractivity (Wildman–Crippen MR) is 362 cm³/mol. The van der Waals surface area contributed by atoms with Crippen molar-refractivity contribution < 1.29 is 28.6 Å². The normalized spacial score (nSPS) is 12.4. The maximum atomic E-state index is 12.9. The standard InChI is InChI=1S/C77H140O6/c1-4-7-10-13-16-19-22-24-26-28-30-32-33-34-35-36-37-38-39-40-41-42-43-45-46-48-50-52-55-58-61-64-67-70-76(79)82-73-74(72-81-75(78)69-66-63-60-57-54-21-18-15-12-9-6-3)83-77(80)71-68-65-62-59-56-53-51-49-47-44-31-29-27-25-23-20-17-14-11-8-5-2/h7,10,15-16,18-19,24,26,30,32,74H,4-6,8-9,11-14,17,20-23,25,27-29,31,33-73H2,1-3H3/b10-7-,18-15-,19-16-,26-24-,32-30-. The highest BCUT2D eigenvalue weighted by atomic mass is 16.6. The quantitative estimate of drug-likeness (QED) is 0.0261. The zero-order valence-corrected chi connectivity index (χ0v) is 55.7. The van der Waals surface area contributed by atoms with Crippen molar-refractivity contribution in [1.29, 1.82) is 0 Å². The van der Waals surface area contributed by atoms with E-state index in [2.05, 4.69) is 81.5 Å². The first-order chi connectivity index (χ1) is 41.0. The summed E-state index contributed by atoms with van der Waals surface area (Å²) in [6.07, 6.45) is 92.8. The Morgan fingerprint density at radius 3 is 0.783 bits per heavy atom. The zero-order chi connectivity index (χ0) is 59.9. The number of esters is 3. The van der Waals surface area contributed by atoms with E-state index < -0.39 is 6.10 Å². The van der Waals surface area contributed by atoms with Gasteiger partial charge in [0.05, 0.1) is 0 Å². The van der Waals surface area contributed by atoms with Crippen LogP contribution in [0.15, 0.2) is 60.8 Å². The molecule has 0 saturated heterocycles. The van der Waals surface area contributed by atoms with E-state index in [1.165, 1.54) is 263 Å². The Bertz CT molecular complexity index is 1470. The molecule has 0 aromatic heterocycles. The van der Waals surface area contributed by atoms with Crippen LogP contribution in [0.2, 0.25) is 0 Å². The lowest BCUT2D eigenvalue weighted by Crippen LogP contribution is -2.30. The highest BCUT2D eigenvalue weighted by Gasteiger charge is 2.19. The van der Waals surface area contributed by atoms with Gasteiger partial charge in [0.25, 0.3) is 0 Å². The number of hydrogen-bond acceptors (Lipinski definition) is 6. The van der Waals surface area contributed by atoms with Gasteiger partial charge in [-0.2, -0.15) is 0 Å². The molecule has 0 heterocycles. The minimum Gasteiger partial charge on any atom is -0.462 e. The molecular formula is C77H140O6. The minimum absolute atomic E-state index is 0.0701. The molecule has 0 aliphatic heterocycles. The van der Waals surface area contributed by atoms with Gasteiger partial charge in [-0.15, -0.1) is 0 Å². The number of carbonyl (C=O) groups excluding carboxylic acids is 3. The number of allylic oxidation sites excluding steroid dienone is 10. The highest BCUT2D eigenvalue weighted by molar-refractivity contribution is 5.71. The van der Waals surface area contributed by atoms with Crippen LogP contribution >= 0.6 is 0 Å². The van der Waals surface area contributed by atoms with E-state index in [0.717, 1.165) is 89.9 Å². The van der Waals surface area contributed by atoms with Crippen LogP contribution in [0.25, 0.3) is 0 Å². The summed E-state index contributed by atoms with van der Waals surface area (Å²) in [6, 6.07) is 0. The summed E-state index contributed by atoms with van der Waals surface area (Å²) in [5.74, 6) is -0.852. The molecule has 0 aliphatic rings. The van der Waals surface area contributed by atoms with Crippen LogP contribution in [0.4, 0.5) is 0 Å². The number of ether oxygens (including phenoxy) is 3. The number of hydrogen-bond donors (Lipinski definition) is 0. The largest absolute Gasteiger partial charge is 0.462 e. The smallest absolute Gasteiger partial charge is 0.306 e. The van der Waals surface area contributed by atoms with E-state index in [4.69, 9.17) is 14.2 Å². The monoisotopic (exact) mass is 1160 g/mol. The summed E-state index contributed by atoms with van der Waals surface area (Å²) in [7, 11) is 0. The van der Waals surface area contributed by atoms with E-state index in [0.29, 0.717) is 19.3 Å². The molecule has 0 aromatic carbocycles. The van der Waals surface area contributed by atoms with Crippen molar-refractivity contribution in [2.24, 2.45) is 0 Å². The lowest BCUT2D eigenvalue weighted by atomic mass is 10.0. The lowest BCUT2D eigenvalue weighted by molar-refractivity contribution is -0.167. The highest BCUT2D eigenvalue weighted by Crippen LogP contribution is 2.19. The fourth-order valence-electron chi connectivity index (χ4n) is 11.0. The van der Waals surface area contributed by atoms with Crippen molar-refractivity contribution in [2.75, 3.05) is 13.2 Å². The first-order valence-electron chi connectivity index (χ1n) is 36.8. The van der Waals surface area contributed by atoms with Gasteiger partial charge >= 0.3 is 17.9 Å². The molecule has 6 heteroatoms. The molecule has 83 heavy (non-hydrogen) atoms. The summed E-state index contributed by atoms with van der Waals surface area (Å²) in [5, 5.41) is 0. The van der Waals surface area contributed by atoms with E-state index in [1.807, 2.05) is 0 Å². The van der Waals surface area contributed by atoms with Gasteiger partial charge in [0, 0.05) is 19.3 Å². The van der Waals surface area contributed by atoms with Gasteiger partial charge in [-0.1, -0.05) is 358 Å². The van der Waals surface area contributed by atoms with Gasteiger partial charge in [0.15, 0.2) is 6.10 Å². The molecule has 0 N–H and O–H groups in total. The van der Waals surface area contributed by atoms with Crippen molar-refractivity contribution in [2.45, 2.75) is 399 Å². The molecule has 0 radical (unpaired) electrons. The maximum absolute atomic E-state index is 12.9. The second-order valence-electron chi connectivity index (χ2n) is 24.8. The van der Waals surface area contributed by atoms with Crippen molar-refractivity contribution >= 4 is 17.9 Å². The van der Waals surface area contributed by atoms with E-state index >= 15 is 0 Å². The molecule has 0 amide bonds. The Labute approximate surface area is 517 Å². The fraction of sp³-hybridized carbons (Fsp3) is 0.831. The second-order valence-corrected chi connectivity index (χ2v) is 24.8. The summed E-state index contributed by atoms with van der Waals surface area (Å²) in [4.78, 5) is 38.4. The maximum Gasteiger partial charge on any atom is 0.306 e. The van der Waals surface area contributed by atoms with Crippen LogP contribution < -0.4 is 0 Å². The van der Waals surface area contributed by atoms with Gasteiger partial charge in [0.2, 0.25) is 0 Å². The molecule has 1 unspecified atom stereocenters. The molecule has 0 aliphatic carbocycles. The van der Waals surface area contributed by atoms with Gasteiger partial charge in [-0.3, -0.25) is 14.4 Å². The van der Waals surface area contributed by atoms with Crippen molar-refractivity contribution in [3.05, 3.63) is 60.8 Å². The summed E-state index contributed by atoms with van der Waals surface area (Å²) < 4.78 is 17.0. The minimum atomic E-state index is -0.774. The Morgan fingerprint density at radius 2 is 0.482 bits per heavy atom. The average molecular weight is 1160 g/mol. The van der Waals surface area contributed by atoms with Crippen LogP contribution in [0, 0.1) is 0 Å². The van der Waals surface area contributed by atoms with E-state index in [9.17, 15) is 14.4 Å². The third-order valence-corrected chi connectivity index (χ3v) is 16.5. The lowest BCUT2D eigenvalue weighted by Gasteiger charge is -2.18. The molecule has 0 rings (SSSR count). The van der Waals surface area contributed by atoms with Gasteiger partial charge in [-0.05, 0) is 77.0 Å². The third-order valence-electron chi connectivity index (χ3n) is 16.5. The summed E-state index contributed by atoms with van der Waals surface area (Å²) in [6.45, 7) is 6.55. The first-order valence-corrected chi connectivity index (χ1v) is 36.8. The van der Waals surface area contributed by atoms with Crippen molar-refractivity contribution in [1.82, 2.24) is 0 Å². The Kier molecular flexibility index (Phi) is 69.1. The molecule has 484 valence electrons. The Balaban J connectivity index is 4.10. The predicted octanol–water partition coefficient (Wildman–Crippen LogP) is 25.5. The second kappa shape index (κ2) is 71.6. The topological polar surface area (TPSA) is 78.9 Å². The first kappa shape index (κ1) is 80.1. The summed E-state index contributed by atoms with van der Waals surface area (Å²) >= 11 is 0. The average Bonchev–Trinajstić information content (AvgIpc) is 3.48. The fourth-order valence-corrected chi connectivity index (χ4v) is 11.0. The van der Waals surface area contributed by atoms with Gasteiger partial charge in [0.1, 0.15) is 13.2 Å². The van der Waals surface area contributed by atoms with Crippen LogP contribution in [0.3, 0.4) is 0 Å². The molecule has 0 bridgehead atoms. The van der Waals surface area contributed by atoms with Crippen LogP contribution in [0.5, 0.6) is 0 Å². The van der Waals surface area contributed by atoms with Crippen LogP contribution in [-0.4, -0.2) is 37.2 Å². The zero-order valence-electron chi connectivity index (χ0n) is 55.7. The molecular weight excluding hydrogens is 1020 g/mol. The number of rotatable bonds is 68. The van der Waals surface area contributed by atoms with Crippen LogP contribution in [0.1, 0.15) is 393 Å². The van der Waals surface area contributed by atoms with E-state index in [-0.39, 0.29) is 31.1 Å². The summed E-state index contributed by atoms with van der Waals surface area (Å²) in [5.41, 5.74) is 0. The number of unbranched alkanes of at least 4 members (excludes halogenated alkanes) is 47. The van der Waals surface area contributed by atoms with Gasteiger partial charge in [-0.25, -0.2) is 0 Å². The molecule has 0 saturated carbocycles. The van der Waals surface area contributed by atoms with E-state index in [1.54, 1.807) is 0 Å². The van der Waals surface area contributed by atoms with Crippen molar-refractivity contribution in [3.8, 4) is 0 Å². The molecule has 1 atom stereocenters. The SMILES string of the molecule is CC/C=C\C/C=C\C/C=C\C/C=C\CCCCCCCCCCCCCCCCCCCCCCC(=O)OCC(COC(=O)CCCCCCC/C=C\CCCC)OC(=O)CCCCCCCCCCCCCCCCCCCCCCC. The Hall–Kier alpha value is -2.89. The molecule has 6 nitrogen and oxygen atoms in total.